The van der Waals surface area contributed by atoms with Crippen LogP contribution in [0, 0.1) is 0 Å². The van der Waals surface area contributed by atoms with Crippen molar-refractivity contribution in [1.82, 2.24) is 4.31 Å². The molecule has 2 aliphatic rings. The Morgan fingerprint density at radius 2 is 2.00 bits per heavy atom. The van der Waals surface area contributed by atoms with E-state index < -0.39 is 10.0 Å². The minimum Gasteiger partial charge on any atom is -0.493 e. The number of rotatable bonds is 5. The number of likely N-dealkylation sites (N-methyl/N-ethyl adjacent to an activating group) is 1. The van der Waals surface area contributed by atoms with Gasteiger partial charge in [0.15, 0.2) is 0 Å². The Morgan fingerprint density at radius 3 is 2.76 bits per heavy atom. The Morgan fingerprint density at radius 1 is 1.24 bits per heavy atom. The summed E-state index contributed by atoms with van der Waals surface area (Å²) in [4.78, 5) is 0. The third-order valence-electron chi connectivity index (χ3n) is 4.28. The molecule has 3 rings (SSSR count). The summed E-state index contributed by atoms with van der Waals surface area (Å²) in [6, 6.07) is 2.08. The minimum atomic E-state index is -3.14. The highest BCUT2D eigenvalue weighted by atomic mass is 32.2. The van der Waals surface area contributed by atoms with Crippen LogP contribution in [-0.4, -0.2) is 45.3 Å². The topological polar surface area (TPSA) is 55.8 Å². The van der Waals surface area contributed by atoms with Crippen LogP contribution in [0.1, 0.15) is 23.6 Å². The van der Waals surface area contributed by atoms with Gasteiger partial charge in [0.2, 0.25) is 10.0 Å². The quantitative estimate of drug-likeness (QED) is 0.824. The summed E-state index contributed by atoms with van der Waals surface area (Å²) in [5, 5.41) is 0. The number of fused-ring (bicyclic) bond motifs is 2. The van der Waals surface area contributed by atoms with Crippen molar-refractivity contribution in [3.05, 3.63) is 22.8 Å². The molecular weight excluding hydrogens is 290 g/mol. The second-order valence-corrected chi connectivity index (χ2v) is 7.85. The molecule has 0 aliphatic carbocycles. The van der Waals surface area contributed by atoms with Gasteiger partial charge in [-0.3, -0.25) is 0 Å². The highest BCUT2D eigenvalue weighted by molar-refractivity contribution is 7.89. The lowest BCUT2D eigenvalue weighted by Gasteiger charge is -2.18. The van der Waals surface area contributed by atoms with E-state index in [-0.39, 0.29) is 5.75 Å². The molecule has 2 aliphatic heterocycles. The Hall–Kier alpha value is -1.27. The lowest BCUT2D eigenvalue weighted by atomic mass is 9.97. The molecule has 116 valence electrons. The molecule has 0 N–H and O–H groups in total. The fourth-order valence-corrected chi connectivity index (χ4v) is 3.79. The van der Waals surface area contributed by atoms with Crippen LogP contribution in [0.2, 0.25) is 0 Å². The highest BCUT2D eigenvalue weighted by Gasteiger charge is 2.27. The van der Waals surface area contributed by atoms with Gasteiger partial charge >= 0.3 is 0 Å². The van der Waals surface area contributed by atoms with Crippen molar-refractivity contribution < 1.29 is 17.9 Å². The van der Waals surface area contributed by atoms with Gasteiger partial charge in [0.25, 0.3) is 0 Å². The fraction of sp³-hybridized carbons (Fsp3) is 0.600. The van der Waals surface area contributed by atoms with Crippen molar-refractivity contribution in [2.45, 2.75) is 26.2 Å². The molecule has 0 saturated heterocycles. The summed E-state index contributed by atoms with van der Waals surface area (Å²) in [5.74, 6) is 2.05. The van der Waals surface area contributed by atoms with Gasteiger partial charge in [0.05, 0.1) is 19.0 Å². The van der Waals surface area contributed by atoms with Crippen LogP contribution in [0.15, 0.2) is 6.07 Å². The number of hydrogen-bond acceptors (Lipinski definition) is 4. The zero-order chi connectivity index (χ0) is 15.0. The van der Waals surface area contributed by atoms with E-state index in [9.17, 15) is 8.42 Å². The van der Waals surface area contributed by atoms with Gasteiger partial charge in [-0.25, -0.2) is 12.7 Å². The van der Waals surface area contributed by atoms with Crippen molar-refractivity contribution in [2.24, 2.45) is 0 Å². The van der Waals surface area contributed by atoms with Crippen molar-refractivity contribution in [3.8, 4) is 11.5 Å². The third-order valence-corrected chi connectivity index (χ3v) is 6.14. The first-order chi connectivity index (χ1) is 10.0. The molecule has 2 heterocycles. The maximum Gasteiger partial charge on any atom is 0.213 e. The molecular formula is C15H21NO4S. The molecule has 0 fully saturated rings. The molecule has 0 atom stereocenters. The molecule has 0 saturated carbocycles. The average molecular weight is 311 g/mol. The number of ether oxygens (including phenoxy) is 2. The standard InChI is InChI=1S/C15H21NO4S/c1-3-21(17,18)16(2)7-4-13-12-6-9-19-14(12)10-11-5-8-20-15(11)13/h10H,3-9H2,1-2H3. The van der Waals surface area contributed by atoms with Crippen LogP contribution in [0.3, 0.4) is 0 Å². The average Bonchev–Trinajstić information content (AvgIpc) is 3.11. The Bertz CT molecular complexity index is 622. The maximum atomic E-state index is 11.9. The fourth-order valence-electron chi connectivity index (χ4n) is 2.98. The van der Waals surface area contributed by atoms with Crippen molar-refractivity contribution in [2.75, 3.05) is 32.6 Å². The van der Waals surface area contributed by atoms with Gasteiger partial charge in [0.1, 0.15) is 11.5 Å². The summed E-state index contributed by atoms with van der Waals surface area (Å²) < 4.78 is 36.6. The smallest absolute Gasteiger partial charge is 0.213 e. The van der Waals surface area contributed by atoms with Crippen LogP contribution < -0.4 is 9.47 Å². The molecule has 5 nitrogen and oxygen atoms in total. The summed E-state index contributed by atoms with van der Waals surface area (Å²) in [5.41, 5.74) is 3.51. The van der Waals surface area contributed by atoms with Crippen molar-refractivity contribution in [1.29, 1.82) is 0 Å². The maximum absolute atomic E-state index is 11.9. The minimum absolute atomic E-state index is 0.133. The summed E-state index contributed by atoms with van der Waals surface area (Å²) in [6.07, 6.45) is 2.46. The van der Waals surface area contributed by atoms with E-state index >= 15 is 0 Å². The first-order valence-electron chi connectivity index (χ1n) is 7.40. The molecule has 0 bridgehead atoms. The van der Waals surface area contributed by atoms with Crippen LogP contribution in [0.25, 0.3) is 0 Å². The zero-order valence-corrected chi connectivity index (χ0v) is 13.3. The molecule has 6 heteroatoms. The predicted molar refractivity (Wildman–Crippen MR) is 80.6 cm³/mol. The van der Waals surface area contributed by atoms with Gasteiger partial charge in [-0.1, -0.05) is 0 Å². The number of hydrogen-bond donors (Lipinski definition) is 0. The zero-order valence-electron chi connectivity index (χ0n) is 12.5. The number of sulfonamides is 1. The Labute approximate surface area is 125 Å². The Kier molecular flexibility index (Phi) is 3.84. The second-order valence-electron chi connectivity index (χ2n) is 5.49. The third kappa shape index (κ3) is 2.62. The van der Waals surface area contributed by atoms with E-state index in [1.54, 1.807) is 14.0 Å². The van der Waals surface area contributed by atoms with Gasteiger partial charge in [-0.05, 0) is 19.4 Å². The van der Waals surface area contributed by atoms with E-state index in [1.165, 1.54) is 15.4 Å². The molecule has 0 aromatic heterocycles. The number of benzene rings is 1. The van der Waals surface area contributed by atoms with Crippen molar-refractivity contribution >= 4 is 10.0 Å². The molecule has 1 aromatic carbocycles. The Balaban J connectivity index is 1.86. The van der Waals surface area contributed by atoms with Gasteiger partial charge in [-0.2, -0.15) is 0 Å². The van der Waals surface area contributed by atoms with Crippen LogP contribution in [-0.2, 0) is 29.3 Å². The second kappa shape index (κ2) is 5.50. The predicted octanol–water partition coefficient (Wildman–Crippen LogP) is 1.38. The molecule has 0 amide bonds. The molecule has 1 aromatic rings. The van der Waals surface area contributed by atoms with E-state index in [1.807, 2.05) is 0 Å². The first kappa shape index (κ1) is 14.7. The van der Waals surface area contributed by atoms with Crippen LogP contribution in [0.4, 0.5) is 0 Å². The number of nitrogens with zero attached hydrogens (tertiary/aromatic N) is 1. The molecule has 0 unspecified atom stereocenters. The SMILES string of the molecule is CCS(=O)(=O)N(C)CCc1c2c(cc3c1OCC3)OCC2. The highest BCUT2D eigenvalue weighted by Crippen LogP contribution is 2.40. The van der Waals surface area contributed by atoms with Crippen LogP contribution in [0.5, 0.6) is 11.5 Å². The van der Waals surface area contributed by atoms with Gasteiger partial charge < -0.3 is 9.47 Å². The molecule has 0 spiro atoms. The summed E-state index contributed by atoms with van der Waals surface area (Å²) in [6.45, 7) is 3.55. The van der Waals surface area contributed by atoms with Crippen molar-refractivity contribution in [3.63, 3.8) is 0 Å². The summed E-state index contributed by atoms with van der Waals surface area (Å²) >= 11 is 0. The monoisotopic (exact) mass is 311 g/mol. The normalized spacial score (nSPS) is 16.5. The summed E-state index contributed by atoms with van der Waals surface area (Å²) in [7, 11) is -1.50. The largest absolute Gasteiger partial charge is 0.493 e. The molecule has 0 radical (unpaired) electrons. The van der Waals surface area contributed by atoms with Gasteiger partial charge in [-0.15, -0.1) is 0 Å². The van der Waals surface area contributed by atoms with E-state index in [2.05, 4.69) is 6.07 Å². The van der Waals surface area contributed by atoms with Crippen LogP contribution >= 0.6 is 0 Å². The lowest BCUT2D eigenvalue weighted by molar-refractivity contribution is 0.351. The van der Waals surface area contributed by atoms with E-state index in [0.717, 1.165) is 29.9 Å². The van der Waals surface area contributed by atoms with Gasteiger partial charge in [0, 0.05) is 43.1 Å². The molecule has 21 heavy (non-hydrogen) atoms. The van der Waals surface area contributed by atoms with E-state index in [4.69, 9.17) is 9.47 Å². The first-order valence-corrected chi connectivity index (χ1v) is 9.01. The lowest BCUT2D eigenvalue weighted by Crippen LogP contribution is -2.30. The van der Waals surface area contributed by atoms with E-state index in [0.29, 0.717) is 26.2 Å².